The Balaban J connectivity index is 0.000000108. The number of ether oxygens (including phenoxy) is 4. The fourth-order valence-corrected chi connectivity index (χ4v) is 18.5. The molecule has 8 aromatic heterocycles. The van der Waals surface area contributed by atoms with E-state index in [1.807, 2.05) is 168 Å². The van der Waals surface area contributed by atoms with Gasteiger partial charge in [0.2, 0.25) is 0 Å². The molecule has 4 aliphatic carbocycles. The smallest absolute Gasteiger partial charge is 0.140 e. The molecule has 0 radical (unpaired) electrons. The summed E-state index contributed by atoms with van der Waals surface area (Å²) in [6, 6.07) is 36.7. The topological polar surface area (TPSA) is 309 Å². The van der Waals surface area contributed by atoms with Gasteiger partial charge in [-0.25, -0.2) is 19.9 Å². The summed E-state index contributed by atoms with van der Waals surface area (Å²) in [7, 11) is 2.08. The fraction of sp³-hybridized carbons (Fsp3) is 0.402. The lowest BCUT2D eigenvalue weighted by molar-refractivity contribution is -0.0166. The molecule has 20 rings (SSSR count). The molecule has 11 N–H and O–H groups in total. The van der Waals surface area contributed by atoms with Crippen molar-refractivity contribution in [1.29, 1.82) is 0 Å². The zero-order valence-electron chi connectivity index (χ0n) is 63.3. The van der Waals surface area contributed by atoms with E-state index in [4.69, 9.17) is 30.5 Å². The molecule has 25 heteroatoms. The van der Waals surface area contributed by atoms with Gasteiger partial charge in [-0.1, -0.05) is 48.0 Å². The third-order valence-corrected chi connectivity index (χ3v) is 24.9. The molecule has 0 bridgehead atoms. The van der Waals surface area contributed by atoms with Gasteiger partial charge in [0.05, 0.1) is 24.2 Å². The van der Waals surface area contributed by atoms with Crippen LogP contribution in [0, 0.1) is 27.7 Å². The van der Waals surface area contributed by atoms with E-state index in [0.717, 1.165) is 175 Å². The molecule has 0 saturated heterocycles. The van der Waals surface area contributed by atoms with E-state index in [0.29, 0.717) is 32.2 Å². The number of pyridine rings is 4. The van der Waals surface area contributed by atoms with Crippen molar-refractivity contribution in [3.05, 3.63) is 237 Å². The number of halogens is 1. The van der Waals surface area contributed by atoms with Crippen LogP contribution in [0.2, 0.25) is 5.02 Å². The number of hydrogen-bond acceptors (Lipinski definition) is 20. The molecular weight excluding hydrogens is 1440 g/mol. The van der Waals surface area contributed by atoms with Gasteiger partial charge in [-0.3, -0.25) is 4.90 Å². The van der Waals surface area contributed by atoms with E-state index < -0.39 is 73.2 Å². The largest absolute Gasteiger partial charge is 0.487 e. The normalized spacial score (nSPS) is 27.1. The molecule has 12 aromatic rings. The zero-order chi connectivity index (χ0) is 77.3. The first-order valence-corrected chi connectivity index (χ1v) is 39.4. The first-order chi connectivity index (χ1) is 54.3. The summed E-state index contributed by atoms with van der Waals surface area (Å²) in [4.78, 5) is 20.2. The van der Waals surface area contributed by atoms with Crippen molar-refractivity contribution in [1.82, 2.24) is 59.1 Å². The van der Waals surface area contributed by atoms with Crippen molar-refractivity contribution in [3.8, 4) is 23.0 Å². The fourth-order valence-electron chi connectivity index (χ4n) is 18.2. The third kappa shape index (κ3) is 14.2. The van der Waals surface area contributed by atoms with Crippen molar-refractivity contribution in [3.63, 3.8) is 0 Å². The quantitative estimate of drug-likeness (QED) is 0.0543. The standard InChI is InChI=1S/C22H24ClN3O3.2C22H25N3O3.C21H23N3O3/c1-12-4-8-25-22-13(12)6-9-26(22)17-10-19(21(28)20(17)27)29-18-3-2-16(23)14-5-7-24-11-15(14)18;1-13-6-8-23-22-15(13)7-9-25(22)17-10-19(21(27)20(17)26)28-18-5-3-4-14-11-24(2)12-16(14)18;1-13-5-9-24-22-15(13)7-10-25(22)17-11-19(21(27)20(17)26)28-18-4-2-3-14-6-8-23-12-16(14)18;1-12-5-7-23-21-14(12)6-8-24(21)16-9-18(20(26)19(16)25)27-17-4-2-3-13-10-22-11-15(13)17/h2-4,6,8-9,17,19-21,24,27-28H,5,7,10-11H2,1H3;3-9,17,19-21,26-27H,10-12H2,1-2H3;2-5,7,9-10,17,19-21,23,26-27H,6,8,11-12H2,1H3;2-8,16,18-20,22,25-26H,9-11H2,1H3/t3*17?,19?,20-,21+;16?,18?,19-,20+/m0000/s1. The van der Waals surface area contributed by atoms with Crippen LogP contribution in [-0.2, 0) is 52.1 Å². The van der Waals surface area contributed by atoms with Gasteiger partial charge in [0.15, 0.2) is 0 Å². The predicted octanol–water partition coefficient (Wildman–Crippen LogP) is 9.33. The SMILES string of the molecule is Cc1ccnc2c1ccn2C1CC(Oc2ccc(Cl)c3c2CNCC3)[C@@H](O)[C@H]1O.Cc1ccnc2c1ccn2C1CC(Oc2cccc3c2CN(C)C3)[C@@H](O)[C@H]1O.Cc1ccnc2c1ccn2C1CC(Oc2cccc3c2CNC3)[C@@H](O)[C@H]1O.Cc1ccnc2c1ccn2C1CC(Oc2cccc3c2CNCC3)[C@@H](O)[C@H]1O. The number of aliphatic hydroxyl groups is 8. The summed E-state index contributed by atoms with van der Waals surface area (Å²) < 4.78 is 32.8. The second kappa shape index (κ2) is 31.6. The Labute approximate surface area is 653 Å². The van der Waals surface area contributed by atoms with E-state index >= 15 is 0 Å². The number of fused-ring (bicyclic) bond motifs is 8. The molecule has 584 valence electrons. The minimum atomic E-state index is -0.981. The molecule has 4 saturated carbocycles. The molecule has 24 nitrogen and oxygen atoms in total. The van der Waals surface area contributed by atoms with Crippen LogP contribution >= 0.6 is 11.6 Å². The summed E-state index contributed by atoms with van der Waals surface area (Å²) >= 11 is 6.36. The molecular formula is C87H97ClN12O12. The van der Waals surface area contributed by atoms with Gasteiger partial charge in [0, 0.05) is 163 Å². The van der Waals surface area contributed by atoms with Crippen molar-refractivity contribution >= 4 is 55.7 Å². The number of nitrogens with zero attached hydrogens (tertiary/aromatic N) is 9. The maximum Gasteiger partial charge on any atom is 0.140 e. The van der Waals surface area contributed by atoms with Crippen molar-refractivity contribution in [2.75, 3.05) is 20.1 Å². The number of benzene rings is 4. The van der Waals surface area contributed by atoms with Gasteiger partial charge >= 0.3 is 0 Å². The van der Waals surface area contributed by atoms with Gasteiger partial charge in [-0.2, -0.15) is 0 Å². The van der Waals surface area contributed by atoms with Gasteiger partial charge in [-0.15, -0.1) is 0 Å². The number of aliphatic hydroxyl groups excluding tert-OH is 8. The van der Waals surface area contributed by atoms with Crippen LogP contribution in [0.15, 0.2) is 165 Å². The highest BCUT2D eigenvalue weighted by atomic mass is 35.5. The molecule has 4 aliphatic heterocycles. The lowest BCUT2D eigenvalue weighted by Gasteiger charge is -2.25. The Kier molecular flexibility index (Phi) is 21.2. The Bertz CT molecular complexity index is 5430. The highest BCUT2D eigenvalue weighted by Crippen LogP contribution is 2.44. The first-order valence-electron chi connectivity index (χ1n) is 39.1. The Morgan fingerprint density at radius 2 is 0.696 bits per heavy atom. The monoisotopic (exact) mass is 1540 g/mol. The predicted molar refractivity (Wildman–Crippen MR) is 426 cm³/mol. The maximum absolute atomic E-state index is 10.8. The number of aromatic nitrogens is 8. The van der Waals surface area contributed by atoms with Crippen LogP contribution < -0.4 is 34.9 Å². The maximum atomic E-state index is 10.8. The molecule has 12 heterocycles. The first kappa shape index (κ1) is 75.3. The summed E-state index contributed by atoms with van der Waals surface area (Å²) in [5.74, 6) is 3.12. The summed E-state index contributed by atoms with van der Waals surface area (Å²) in [5, 5.41) is 101. The zero-order valence-corrected chi connectivity index (χ0v) is 64.1. The van der Waals surface area contributed by atoms with Gasteiger partial charge < -0.3 is 94.0 Å². The highest BCUT2D eigenvalue weighted by Gasteiger charge is 2.49. The molecule has 4 fully saturated rings. The van der Waals surface area contributed by atoms with Crippen LogP contribution in [-0.4, -0.2) is 177 Å². The van der Waals surface area contributed by atoms with Crippen LogP contribution in [0.5, 0.6) is 23.0 Å². The van der Waals surface area contributed by atoms with E-state index in [1.165, 1.54) is 22.3 Å². The van der Waals surface area contributed by atoms with E-state index in [2.05, 4.69) is 66.0 Å². The minimum absolute atomic E-state index is 0.272. The van der Waals surface area contributed by atoms with Gasteiger partial charge in [0.1, 0.15) is 119 Å². The molecule has 4 aromatic carbocycles. The van der Waals surface area contributed by atoms with Crippen molar-refractivity contribution in [2.45, 2.75) is 203 Å². The number of nitrogens with one attached hydrogen (secondary N) is 3. The number of aryl methyl sites for hydroxylation is 4. The second-order valence-electron chi connectivity index (χ2n) is 31.4. The summed E-state index contributed by atoms with van der Waals surface area (Å²) in [6.07, 6.45) is 9.45. The van der Waals surface area contributed by atoms with E-state index in [9.17, 15) is 40.9 Å². The average molecular weight is 1540 g/mol. The van der Waals surface area contributed by atoms with Crippen molar-refractivity contribution in [2.24, 2.45) is 0 Å². The van der Waals surface area contributed by atoms with Crippen LogP contribution in [0.1, 0.15) is 117 Å². The lowest BCUT2D eigenvalue weighted by Crippen LogP contribution is -2.34. The average Bonchev–Trinajstić information content (AvgIpc) is 1.67. The minimum Gasteiger partial charge on any atom is -0.487 e. The van der Waals surface area contributed by atoms with Crippen molar-refractivity contribution < 1.29 is 59.8 Å². The molecule has 16 atom stereocenters. The number of rotatable bonds is 12. The second-order valence-corrected chi connectivity index (χ2v) is 31.8. The Morgan fingerprint density at radius 3 is 1.12 bits per heavy atom. The highest BCUT2D eigenvalue weighted by molar-refractivity contribution is 6.31. The molecule has 0 amide bonds. The summed E-state index contributed by atoms with van der Waals surface area (Å²) in [5.41, 5.74) is 17.3. The van der Waals surface area contributed by atoms with E-state index in [-0.39, 0.29) is 24.2 Å². The molecule has 8 aliphatic rings. The lowest BCUT2D eigenvalue weighted by atomic mass is 10.00. The third-order valence-electron chi connectivity index (χ3n) is 24.5. The van der Waals surface area contributed by atoms with Crippen LogP contribution in [0.4, 0.5) is 0 Å². The summed E-state index contributed by atoms with van der Waals surface area (Å²) in [6.45, 7) is 14.8. The molecule has 0 spiro atoms. The Morgan fingerprint density at radius 1 is 0.348 bits per heavy atom. The van der Waals surface area contributed by atoms with Crippen LogP contribution in [0.25, 0.3) is 44.1 Å². The molecule has 112 heavy (non-hydrogen) atoms. The van der Waals surface area contributed by atoms with E-state index in [1.54, 1.807) is 24.8 Å². The van der Waals surface area contributed by atoms with Gasteiger partial charge in [-0.05, 0) is 184 Å². The van der Waals surface area contributed by atoms with Gasteiger partial charge in [0.25, 0.3) is 0 Å². The number of hydrogen-bond donors (Lipinski definition) is 11. The van der Waals surface area contributed by atoms with Crippen LogP contribution in [0.3, 0.4) is 0 Å². The Hall–Kier alpha value is -9.35. The molecule has 8 unspecified atom stereocenters.